The number of hydrogen-bond acceptors (Lipinski definition) is 3. The second kappa shape index (κ2) is 6.66. The Bertz CT molecular complexity index is 816. The second-order valence-electron chi connectivity index (χ2n) is 5.13. The molecule has 0 aliphatic rings. The number of rotatable bonds is 4. The lowest BCUT2D eigenvalue weighted by molar-refractivity contribution is 0.758. The zero-order chi connectivity index (χ0) is 15.4. The van der Waals surface area contributed by atoms with Gasteiger partial charge < -0.3 is 10.6 Å². The van der Waals surface area contributed by atoms with Crippen LogP contribution in [0.2, 0.25) is 0 Å². The van der Waals surface area contributed by atoms with E-state index in [-0.39, 0.29) is 0 Å². The average Bonchev–Trinajstić information content (AvgIpc) is 2.55. The van der Waals surface area contributed by atoms with Crippen molar-refractivity contribution in [1.29, 1.82) is 0 Å². The van der Waals surface area contributed by atoms with Gasteiger partial charge in [-0.15, -0.1) is 0 Å². The molecule has 2 aromatic heterocycles. The molecule has 0 saturated carbocycles. The summed E-state index contributed by atoms with van der Waals surface area (Å²) in [6, 6.07) is 10.00. The molecule has 2 heterocycles. The maximum absolute atomic E-state index is 5.38. The standard InChI is InChI=1S/C17H18N4S/c1-2-3-8-20-17(22)21-14-11-12-6-4-9-18-15(12)16-13(14)7-5-10-19-16/h4-7,9-11H,2-3,8H2,1H3,(H2,20,21,22). The number of nitrogens with zero attached hydrogens (tertiary/aromatic N) is 2. The fourth-order valence-corrected chi connectivity index (χ4v) is 2.64. The molecule has 1 aromatic carbocycles. The van der Waals surface area contributed by atoms with Gasteiger partial charge in [-0.05, 0) is 42.9 Å². The van der Waals surface area contributed by atoms with E-state index in [1.54, 1.807) is 12.4 Å². The molecular formula is C17H18N4S. The van der Waals surface area contributed by atoms with E-state index < -0.39 is 0 Å². The van der Waals surface area contributed by atoms with Crippen molar-refractivity contribution >= 4 is 44.8 Å². The Labute approximate surface area is 135 Å². The molecule has 0 saturated heterocycles. The first-order chi connectivity index (χ1) is 10.8. The Morgan fingerprint density at radius 2 is 1.91 bits per heavy atom. The van der Waals surface area contributed by atoms with Crippen molar-refractivity contribution in [3.63, 3.8) is 0 Å². The van der Waals surface area contributed by atoms with E-state index in [9.17, 15) is 0 Å². The molecule has 112 valence electrons. The first-order valence-corrected chi connectivity index (χ1v) is 7.87. The van der Waals surface area contributed by atoms with Crippen molar-refractivity contribution in [2.75, 3.05) is 11.9 Å². The van der Waals surface area contributed by atoms with Crippen LogP contribution >= 0.6 is 12.2 Å². The van der Waals surface area contributed by atoms with Crippen molar-refractivity contribution in [2.45, 2.75) is 19.8 Å². The highest BCUT2D eigenvalue weighted by Crippen LogP contribution is 2.29. The highest BCUT2D eigenvalue weighted by Gasteiger charge is 2.09. The Balaban J connectivity index is 1.99. The fraction of sp³-hybridized carbons (Fsp3) is 0.235. The summed E-state index contributed by atoms with van der Waals surface area (Å²) in [4.78, 5) is 8.94. The third-order valence-electron chi connectivity index (χ3n) is 3.53. The third-order valence-corrected chi connectivity index (χ3v) is 3.77. The van der Waals surface area contributed by atoms with Crippen LogP contribution < -0.4 is 10.6 Å². The van der Waals surface area contributed by atoms with Gasteiger partial charge in [0.2, 0.25) is 0 Å². The monoisotopic (exact) mass is 310 g/mol. The lowest BCUT2D eigenvalue weighted by Gasteiger charge is -2.13. The summed E-state index contributed by atoms with van der Waals surface area (Å²) < 4.78 is 0. The maximum Gasteiger partial charge on any atom is 0.170 e. The second-order valence-corrected chi connectivity index (χ2v) is 5.54. The van der Waals surface area contributed by atoms with Crippen molar-refractivity contribution in [3.05, 3.63) is 42.7 Å². The van der Waals surface area contributed by atoms with E-state index in [2.05, 4.69) is 33.6 Å². The SMILES string of the molecule is CCCCNC(=S)Nc1cc2cccnc2c2ncccc12. The average molecular weight is 310 g/mol. The summed E-state index contributed by atoms with van der Waals surface area (Å²) in [5.41, 5.74) is 2.76. The van der Waals surface area contributed by atoms with Crippen LogP contribution in [0.5, 0.6) is 0 Å². The Hall–Kier alpha value is -2.27. The fourth-order valence-electron chi connectivity index (χ4n) is 2.43. The quantitative estimate of drug-likeness (QED) is 0.435. The van der Waals surface area contributed by atoms with Gasteiger partial charge in [0.25, 0.3) is 0 Å². The molecule has 3 rings (SSSR count). The van der Waals surface area contributed by atoms with Crippen molar-refractivity contribution in [1.82, 2.24) is 15.3 Å². The van der Waals surface area contributed by atoms with Gasteiger partial charge in [0.05, 0.1) is 16.7 Å². The topological polar surface area (TPSA) is 49.8 Å². The van der Waals surface area contributed by atoms with Gasteiger partial charge in [-0.3, -0.25) is 9.97 Å². The molecule has 5 heteroatoms. The molecule has 0 bridgehead atoms. The zero-order valence-electron chi connectivity index (χ0n) is 12.5. The molecule has 0 unspecified atom stereocenters. The molecule has 22 heavy (non-hydrogen) atoms. The summed E-state index contributed by atoms with van der Waals surface area (Å²) in [5.74, 6) is 0. The van der Waals surface area contributed by atoms with E-state index in [1.807, 2.05) is 24.3 Å². The predicted molar refractivity (Wildman–Crippen MR) is 96.2 cm³/mol. The number of thiocarbonyl (C=S) groups is 1. The number of fused-ring (bicyclic) bond motifs is 3. The van der Waals surface area contributed by atoms with E-state index >= 15 is 0 Å². The number of anilines is 1. The van der Waals surface area contributed by atoms with Crippen LogP contribution in [0.1, 0.15) is 19.8 Å². The molecule has 0 amide bonds. The predicted octanol–water partition coefficient (Wildman–Crippen LogP) is 3.87. The van der Waals surface area contributed by atoms with Crippen LogP contribution in [0.15, 0.2) is 42.7 Å². The van der Waals surface area contributed by atoms with Crippen molar-refractivity contribution in [2.24, 2.45) is 0 Å². The summed E-state index contributed by atoms with van der Waals surface area (Å²) in [6.07, 6.45) is 5.83. The number of pyridine rings is 2. The maximum atomic E-state index is 5.38. The lowest BCUT2D eigenvalue weighted by atomic mass is 10.1. The molecule has 0 aliphatic heterocycles. The molecule has 0 radical (unpaired) electrons. The van der Waals surface area contributed by atoms with Crippen LogP contribution in [-0.2, 0) is 0 Å². The van der Waals surface area contributed by atoms with E-state index in [1.165, 1.54) is 0 Å². The molecule has 0 spiro atoms. The Kier molecular flexibility index (Phi) is 4.44. The number of aromatic nitrogens is 2. The number of nitrogens with one attached hydrogen (secondary N) is 2. The van der Waals surface area contributed by atoms with Gasteiger partial charge in [0.1, 0.15) is 0 Å². The van der Waals surface area contributed by atoms with Gasteiger partial charge >= 0.3 is 0 Å². The normalized spacial score (nSPS) is 10.8. The van der Waals surface area contributed by atoms with E-state index in [0.717, 1.165) is 46.9 Å². The lowest BCUT2D eigenvalue weighted by Crippen LogP contribution is -2.29. The van der Waals surface area contributed by atoms with Crippen LogP contribution in [0, 0.1) is 0 Å². The Morgan fingerprint density at radius 1 is 1.14 bits per heavy atom. The van der Waals surface area contributed by atoms with Crippen molar-refractivity contribution < 1.29 is 0 Å². The van der Waals surface area contributed by atoms with E-state index in [0.29, 0.717) is 5.11 Å². The number of benzene rings is 1. The van der Waals surface area contributed by atoms with Crippen LogP contribution in [0.4, 0.5) is 5.69 Å². The van der Waals surface area contributed by atoms with E-state index in [4.69, 9.17) is 12.2 Å². The molecule has 0 aliphatic carbocycles. The molecular weight excluding hydrogens is 292 g/mol. The molecule has 0 fully saturated rings. The minimum absolute atomic E-state index is 0.641. The number of unbranched alkanes of at least 4 members (excludes halogenated alkanes) is 1. The molecule has 3 aromatic rings. The molecule has 2 N–H and O–H groups in total. The molecule has 0 atom stereocenters. The van der Waals surface area contributed by atoms with Gasteiger partial charge in [0.15, 0.2) is 5.11 Å². The van der Waals surface area contributed by atoms with Crippen LogP contribution in [0.3, 0.4) is 0 Å². The first-order valence-electron chi connectivity index (χ1n) is 7.47. The Morgan fingerprint density at radius 3 is 2.73 bits per heavy atom. The van der Waals surface area contributed by atoms with Crippen LogP contribution in [-0.4, -0.2) is 21.6 Å². The first kappa shape index (κ1) is 14.7. The highest BCUT2D eigenvalue weighted by atomic mass is 32.1. The summed E-state index contributed by atoms with van der Waals surface area (Å²) in [6.45, 7) is 3.04. The number of hydrogen-bond donors (Lipinski definition) is 2. The minimum Gasteiger partial charge on any atom is -0.362 e. The summed E-state index contributed by atoms with van der Waals surface area (Å²) >= 11 is 5.38. The van der Waals surface area contributed by atoms with Crippen LogP contribution in [0.25, 0.3) is 21.8 Å². The molecule has 4 nitrogen and oxygen atoms in total. The van der Waals surface area contributed by atoms with Gasteiger partial charge in [0, 0.05) is 29.7 Å². The summed E-state index contributed by atoms with van der Waals surface area (Å²) in [5, 5.41) is 9.23. The largest absolute Gasteiger partial charge is 0.362 e. The minimum atomic E-state index is 0.641. The zero-order valence-corrected chi connectivity index (χ0v) is 13.3. The van der Waals surface area contributed by atoms with Crippen molar-refractivity contribution in [3.8, 4) is 0 Å². The van der Waals surface area contributed by atoms with Gasteiger partial charge in [-0.2, -0.15) is 0 Å². The summed E-state index contributed by atoms with van der Waals surface area (Å²) in [7, 11) is 0. The smallest absolute Gasteiger partial charge is 0.170 e. The third kappa shape index (κ3) is 2.99. The van der Waals surface area contributed by atoms with Gasteiger partial charge in [-0.1, -0.05) is 19.4 Å². The van der Waals surface area contributed by atoms with Gasteiger partial charge in [-0.25, -0.2) is 0 Å². The highest BCUT2D eigenvalue weighted by molar-refractivity contribution is 7.80.